The fraction of sp³-hybridized carbons (Fsp3) is 0.143. The molecule has 0 saturated heterocycles. The number of carbonyl (C=O) groups excluding carboxylic acids is 1. The van der Waals surface area contributed by atoms with E-state index in [4.69, 9.17) is 0 Å². The van der Waals surface area contributed by atoms with Crippen LogP contribution in [0.15, 0.2) is 77.8 Å². The third-order valence-corrected chi connectivity index (χ3v) is 6.63. The van der Waals surface area contributed by atoms with Gasteiger partial charge in [0, 0.05) is 17.8 Å². The van der Waals surface area contributed by atoms with Gasteiger partial charge >= 0.3 is 0 Å². The molecule has 0 unspecified atom stereocenters. The Kier molecular flexibility index (Phi) is 4.60. The largest absolute Gasteiger partial charge is 0.307 e. The molecule has 1 aliphatic rings. The first-order valence-electron chi connectivity index (χ1n) is 8.91. The average Bonchev–Trinajstić information content (AvgIpc) is 3.05. The first kappa shape index (κ1) is 18.2. The highest BCUT2D eigenvalue weighted by Crippen LogP contribution is 2.36. The van der Waals surface area contributed by atoms with Gasteiger partial charge in [0.25, 0.3) is 15.9 Å². The number of fused-ring (bicyclic) bond motifs is 1. The molecule has 6 nitrogen and oxygen atoms in total. The molecule has 2 aromatic carbocycles. The summed E-state index contributed by atoms with van der Waals surface area (Å²) in [6, 6.07) is 18.6. The fourth-order valence-electron chi connectivity index (χ4n) is 3.44. The van der Waals surface area contributed by atoms with Crippen LogP contribution in [0.25, 0.3) is 0 Å². The van der Waals surface area contributed by atoms with Crippen molar-refractivity contribution in [3.63, 3.8) is 0 Å². The minimum atomic E-state index is -3.79. The van der Waals surface area contributed by atoms with Crippen LogP contribution in [0.5, 0.6) is 0 Å². The summed E-state index contributed by atoms with van der Waals surface area (Å²) < 4.78 is 28.1. The van der Waals surface area contributed by atoms with Gasteiger partial charge in [0.05, 0.1) is 10.6 Å². The zero-order valence-electron chi connectivity index (χ0n) is 15.2. The number of nitrogens with one attached hydrogen (secondary N) is 1. The Bertz CT molecular complexity index is 1130. The fourth-order valence-corrected chi connectivity index (χ4v) is 5.18. The second kappa shape index (κ2) is 7.09. The summed E-state index contributed by atoms with van der Waals surface area (Å²) in [6.45, 7) is 1.88. The smallest absolute Gasteiger partial charge is 0.264 e. The summed E-state index contributed by atoms with van der Waals surface area (Å²) in [7, 11) is -3.79. The van der Waals surface area contributed by atoms with E-state index in [0.717, 1.165) is 5.56 Å². The lowest BCUT2D eigenvalue weighted by atomic mass is 10.1. The minimum Gasteiger partial charge on any atom is -0.307 e. The summed E-state index contributed by atoms with van der Waals surface area (Å²) in [5.41, 5.74) is 1.95. The Labute approximate surface area is 163 Å². The highest BCUT2D eigenvalue weighted by Gasteiger charge is 2.36. The van der Waals surface area contributed by atoms with Crippen LogP contribution in [0.2, 0.25) is 0 Å². The maximum Gasteiger partial charge on any atom is 0.264 e. The van der Waals surface area contributed by atoms with Crippen molar-refractivity contribution in [3.05, 3.63) is 84.1 Å². The molecule has 2 heterocycles. The molecule has 1 aliphatic heterocycles. The Hall–Kier alpha value is -3.19. The molecule has 1 amide bonds. The quantitative estimate of drug-likeness (QED) is 0.736. The normalized spacial score (nSPS) is 15.9. The molecule has 0 spiro atoms. The zero-order valence-corrected chi connectivity index (χ0v) is 16.1. The number of carbonyl (C=O) groups is 1. The maximum absolute atomic E-state index is 13.3. The summed E-state index contributed by atoms with van der Waals surface area (Å²) in [4.78, 5) is 16.7. The van der Waals surface area contributed by atoms with Gasteiger partial charge in [-0.15, -0.1) is 0 Å². The van der Waals surface area contributed by atoms with Crippen LogP contribution in [-0.2, 0) is 16.4 Å². The number of aromatic nitrogens is 1. The van der Waals surface area contributed by atoms with Crippen LogP contribution in [0.1, 0.15) is 22.8 Å². The molecule has 0 radical (unpaired) electrons. The Morgan fingerprint density at radius 1 is 1.07 bits per heavy atom. The molecular weight excluding hydrogens is 374 g/mol. The Morgan fingerprint density at radius 2 is 1.86 bits per heavy atom. The number of amides is 1. The van der Waals surface area contributed by atoms with Gasteiger partial charge in [-0.3, -0.25) is 9.10 Å². The van der Waals surface area contributed by atoms with Crippen molar-refractivity contribution in [2.24, 2.45) is 0 Å². The van der Waals surface area contributed by atoms with E-state index in [1.54, 1.807) is 36.5 Å². The molecule has 0 bridgehead atoms. The number of hydrogen-bond acceptors (Lipinski definition) is 4. The number of rotatable bonds is 4. The van der Waals surface area contributed by atoms with Crippen molar-refractivity contribution in [2.45, 2.75) is 24.3 Å². The van der Waals surface area contributed by atoms with Gasteiger partial charge in [-0.05, 0) is 55.3 Å². The molecule has 1 N–H and O–H groups in total. The molecular formula is C21H19N3O3S. The van der Waals surface area contributed by atoms with Crippen LogP contribution in [0, 0.1) is 0 Å². The molecule has 0 saturated carbocycles. The lowest BCUT2D eigenvalue weighted by Gasteiger charge is -2.24. The summed E-state index contributed by atoms with van der Waals surface area (Å²) in [5, 5.41) is 2.67. The van der Waals surface area contributed by atoms with Crippen molar-refractivity contribution in [2.75, 3.05) is 9.62 Å². The Morgan fingerprint density at radius 3 is 2.64 bits per heavy atom. The van der Waals surface area contributed by atoms with Gasteiger partial charge in [0.2, 0.25) is 0 Å². The second-order valence-electron chi connectivity index (χ2n) is 6.68. The van der Waals surface area contributed by atoms with E-state index in [9.17, 15) is 13.2 Å². The predicted molar refractivity (Wildman–Crippen MR) is 108 cm³/mol. The van der Waals surface area contributed by atoms with Crippen molar-refractivity contribution >= 4 is 27.4 Å². The predicted octanol–water partition coefficient (Wildman–Crippen LogP) is 3.47. The zero-order chi connectivity index (χ0) is 19.7. The van der Waals surface area contributed by atoms with Gasteiger partial charge in [-0.25, -0.2) is 13.4 Å². The molecule has 4 rings (SSSR count). The SMILES string of the molecule is C[C@@H]1Cc2ccccc2N1S(=O)(=O)c1cccc(C(=O)Nc2ccccn2)c1. The molecule has 3 aromatic rings. The van der Waals surface area contributed by atoms with E-state index in [0.29, 0.717) is 17.9 Å². The first-order chi connectivity index (χ1) is 13.5. The van der Waals surface area contributed by atoms with Gasteiger partial charge in [-0.2, -0.15) is 0 Å². The molecule has 1 atom stereocenters. The third kappa shape index (κ3) is 3.25. The minimum absolute atomic E-state index is 0.0877. The molecule has 7 heteroatoms. The number of pyridine rings is 1. The molecule has 1 aromatic heterocycles. The molecule has 28 heavy (non-hydrogen) atoms. The topological polar surface area (TPSA) is 79.4 Å². The standard InChI is InChI=1S/C21H19N3O3S/c1-15-13-16-7-2-3-10-19(16)24(15)28(26,27)18-9-6-8-17(14-18)21(25)23-20-11-4-5-12-22-20/h2-12,14-15H,13H2,1H3,(H,22,23,25)/t15-/m1/s1. The first-order valence-corrected chi connectivity index (χ1v) is 10.4. The van der Waals surface area contributed by atoms with Crippen molar-refractivity contribution < 1.29 is 13.2 Å². The average molecular weight is 393 g/mol. The van der Waals surface area contributed by atoms with E-state index in [-0.39, 0.29) is 16.5 Å². The summed E-state index contributed by atoms with van der Waals surface area (Å²) >= 11 is 0. The van der Waals surface area contributed by atoms with E-state index < -0.39 is 15.9 Å². The van der Waals surface area contributed by atoms with Gasteiger partial charge in [-0.1, -0.05) is 30.3 Å². The number of anilines is 2. The number of sulfonamides is 1. The summed E-state index contributed by atoms with van der Waals surface area (Å²) in [6.07, 6.45) is 2.23. The number of hydrogen-bond donors (Lipinski definition) is 1. The van der Waals surface area contributed by atoms with Crippen molar-refractivity contribution in [1.29, 1.82) is 0 Å². The maximum atomic E-state index is 13.3. The van der Waals surface area contributed by atoms with Gasteiger partial charge < -0.3 is 5.32 Å². The number of benzene rings is 2. The van der Waals surface area contributed by atoms with Crippen LogP contribution in [-0.4, -0.2) is 25.4 Å². The second-order valence-corrected chi connectivity index (χ2v) is 8.49. The number of nitrogens with zero attached hydrogens (tertiary/aromatic N) is 2. The van der Waals surface area contributed by atoms with E-state index in [1.165, 1.54) is 16.4 Å². The van der Waals surface area contributed by atoms with Crippen LogP contribution in [0.4, 0.5) is 11.5 Å². The summed E-state index contributed by atoms with van der Waals surface area (Å²) in [5.74, 6) is -0.00604. The monoisotopic (exact) mass is 393 g/mol. The van der Waals surface area contributed by atoms with Crippen LogP contribution >= 0.6 is 0 Å². The lowest BCUT2D eigenvalue weighted by molar-refractivity contribution is 0.102. The Balaban J connectivity index is 1.66. The van der Waals surface area contributed by atoms with Crippen LogP contribution in [0.3, 0.4) is 0 Å². The molecule has 0 fully saturated rings. The molecule has 142 valence electrons. The highest BCUT2D eigenvalue weighted by atomic mass is 32.2. The lowest BCUT2D eigenvalue weighted by Crippen LogP contribution is -2.35. The van der Waals surface area contributed by atoms with Crippen LogP contribution < -0.4 is 9.62 Å². The number of para-hydroxylation sites is 1. The van der Waals surface area contributed by atoms with Gasteiger partial charge in [0.1, 0.15) is 5.82 Å². The van der Waals surface area contributed by atoms with E-state index >= 15 is 0 Å². The van der Waals surface area contributed by atoms with E-state index in [2.05, 4.69) is 10.3 Å². The van der Waals surface area contributed by atoms with E-state index in [1.807, 2.05) is 31.2 Å². The third-order valence-electron chi connectivity index (χ3n) is 4.70. The van der Waals surface area contributed by atoms with Gasteiger partial charge in [0.15, 0.2) is 0 Å². The molecule has 0 aliphatic carbocycles. The van der Waals surface area contributed by atoms with Crippen molar-refractivity contribution in [1.82, 2.24) is 4.98 Å². The van der Waals surface area contributed by atoms with Crippen molar-refractivity contribution in [3.8, 4) is 0 Å². The highest BCUT2D eigenvalue weighted by molar-refractivity contribution is 7.92.